The van der Waals surface area contributed by atoms with Gasteiger partial charge in [-0.2, -0.15) is 0 Å². The van der Waals surface area contributed by atoms with Crippen molar-refractivity contribution in [2.24, 2.45) is 0 Å². The first-order chi connectivity index (χ1) is 13.5. The van der Waals surface area contributed by atoms with Gasteiger partial charge in [-0.25, -0.2) is 4.98 Å². The van der Waals surface area contributed by atoms with Gasteiger partial charge in [0.1, 0.15) is 10.5 Å². The Morgan fingerprint density at radius 2 is 1.93 bits per heavy atom. The number of carbonyl (C=O) groups excluding carboxylic acids is 1. The number of nitrogens with zero attached hydrogens (tertiary/aromatic N) is 3. The fraction of sp³-hybridized carbons (Fsp3) is 0.150. The van der Waals surface area contributed by atoms with Gasteiger partial charge in [0.05, 0.1) is 10.3 Å². The van der Waals surface area contributed by atoms with Crippen LogP contribution in [0.25, 0.3) is 15.9 Å². The molecule has 3 aromatic heterocycles. The average Bonchev–Trinajstić information content (AvgIpc) is 3.09. The van der Waals surface area contributed by atoms with Crippen LogP contribution in [-0.4, -0.2) is 21.8 Å². The lowest BCUT2D eigenvalue weighted by Gasteiger charge is -2.22. The van der Waals surface area contributed by atoms with Crippen LogP contribution in [0.5, 0.6) is 0 Å². The molecule has 1 amide bonds. The van der Waals surface area contributed by atoms with Crippen LogP contribution >= 0.6 is 34.5 Å². The van der Waals surface area contributed by atoms with Crippen LogP contribution in [0.1, 0.15) is 23.0 Å². The third-order valence-electron chi connectivity index (χ3n) is 4.28. The van der Waals surface area contributed by atoms with Crippen molar-refractivity contribution in [2.75, 3.05) is 11.4 Å². The van der Waals surface area contributed by atoms with Gasteiger partial charge >= 0.3 is 0 Å². The molecule has 0 aliphatic heterocycles. The first-order valence-electron chi connectivity index (χ1n) is 8.67. The number of pyridine rings is 1. The molecule has 142 valence electrons. The first-order valence-corrected chi connectivity index (χ1v) is 10.2. The van der Waals surface area contributed by atoms with Crippen molar-refractivity contribution in [3.8, 4) is 0 Å². The second-order valence-electron chi connectivity index (χ2n) is 6.26. The van der Waals surface area contributed by atoms with Gasteiger partial charge in [-0.3, -0.25) is 14.0 Å². The standard InChI is InChI=1S/C20H15Cl2N3O2S/c1-2-6-24(14-9-12(21)8-13(22)10-14)20(27)16-11-15-18(28-16)23-17-5-3-4-7-25(17)19(15)26/h3-5,7-11H,2,6H2,1H3. The van der Waals surface area contributed by atoms with E-state index in [1.807, 2.05) is 13.0 Å². The van der Waals surface area contributed by atoms with Crippen LogP contribution in [-0.2, 0) is 0 Å². The van der Waals surface area contributed by atoms with Gasteiger partial charge in [0.15, 0.2) is 0 Å². The van der Waals surface area contributed by atoms with Crippen molar-refractivity contribution >= 4 is 62.0 Å². The smallest absolute Gasteiger partial charge is 0.268 e. The topological polar surface area (TPSA) is 54.7 Å². The Morgan fingerprint density at radius 1 is 1.18 bits per heavy atom. The zero-order valence-electron chi connectivity index (χ0n) is 14.9. The van der Waals surface area contributed by atoms with Crippen LogP contribution in [0, 0.1) is 0 Å². The minimum Gasteiger partial charge on any atom is -0.308 e. The Morgan fingerprint density at radius 3 is 2.64 bits per heavy atom. The lowest BCUT2D eigenvalue weighted by Crippen LogP contribution is -2.31. The van der Waals surface area contributed by atoms with Crippen molar-refractivity contribution in [2.45, 2.75) is 13.3 Å². The highest BCUT2D eigenvalue weighted by Crippen LogP contribution is 2.29. The number of rotatable bonds is 4. The number of fused-ring (bicyclic) bond motifs is 2. The second kappa shape index (κ2) is 7.54. The molecule has 0 fully saturated rings. The molecule has 1 aromatic carbocycles. The second-order valence-corrected chi connectivity index (χ2v) is 8.16. The Labute approximate surface area is 174 Å². The molecule has 0 bridgehead atoms. The molecule has 8 heteroatoms. The molecular formula is C20H15Cl2N3O2S. The summed E-state index contributed by atoms with van der Waals surface area (Å²) in [5, 5.41) is 1.34. The lowest BCUT2D eigenvalue weighted by molar-refractivity contribution is 0.0991. The molecule has 28 heavy (non-hydrogen) atoms. The van der Waals surface area contributed by atoms with E-state index >= 15 is 0 Å². The normalized spacial score (nSPS) is 11.2. The van der Waals surface area contributed by atoms with Gasteiger partial charge in [-0.1, -0.05) is 36.2 Å². The number of benzene rings is 1. The number of amides is 1. The third-order valence-corrected chi connectivity index (χ3v) is 5.73. The Hall–Kier alpha value is -2.41. The maximum absolute atomic E-state index is 13.2. The van der Waals surface area contributed by atoms with E-state index < -0.39 is 0 Å². The van der Waals surface area contributed by atoms with E-state index in [4.69, 9.17) is 23.2 Å². The number of aromatic nitrogens is 2. The minimum atomic E-state index is -0.211. The molecule has 0 unspecified atom stereocenters. The summed E-state index contributed by atoms with van der Waals surface area (Å²) in [5.41, 5.74) is 0.980. The van der Waals surface area contributed by atoms with Crippen molar-refractivity contribution in [3.63, 3.8) is 0 Å². The molecule has 0 N–H and O–H groups in total. The largest absolute Gasteiger partial charge is 0.308 e. The number of hydrogen-bond acceptors (Lipinski definition) is 4. The van der Waals surface area contributed by atoms with Crippen LogP contribution in [0.2, 0.25) is 10.0 Å². The number of thiophene rings is 1. The van der Waals surface area contributed by atoms with E-state index in [1.165, 1.54) is 15.7 Å². The molecule has 0 radical (unpaired) electrons. The van der Waals surface area contributed by atoms with E-state index in [2.05, 4.69) is 4.98 Å². The van der Waals surface area contributed by atoms with Crippen LogP contribution in [0.3, 0.4) is 0 Å². The molecule has 4 rings (SSSR count). The average molecular weight is 432 g/mol. The Bertz CT molecular complexity index is 1250. The van der Waals surface area contributed by atoms with E-state index in [9.17, 15) is 9.59 Å². The lowest BCUT2D eigenvalue weighted by atomic mass is 10.2. The van der Waals surface area contributed by atoms with E-state index in [0.717, 1.165) is 6.42 Å². The SMILES string of the molecule is CCCN(C(=O)c1cc2c(=O)n3ccccc3nc2s1)c1cc(Cl)cc(Cl)c1. The monoisotopic (exact) mass is 431 g/mol. The molecule has 0 aliphatic carbocycles. The van der Waals surface area contributed by atoms with Crippen molar-refractivity contribution < 1.29 is 4.79 Å². The minimum absolute atomic E-state index is 0.191. The third kappa shape index (κ3) is 3.39. The summed E-state index contributed by atoms with van der Waals surface area (Å²) in [6, 6.07) is 12.0. The number of hydrogen-bond donors (Lipinski definition) is 0. The Kier molecular flexibility index (Phi) is 5.10. The molecule has 0 aliphatic rings. The summed E-state index contributed by atoms with van der Waals surface area (Å²) >= 11 is 13.4. The van der Waals surface area contributed by atoms with Crippen LogP contribution < -0.4 is 10.5 Å². The molecule has 5 nitrogen and oxygen atoms in total. The quantitative estimate of drug-likeness (QED) is 0.441. The maximum atomic E-state index is 13.2. The molecule has 0 atom stereocenters. The van der Waals surface area contributed by atoms with Crippen molar-refractivity contribution in [3.05, 3.63) is 73.9 Å². The van der Waals surface area contributed by atoms with E-state index in [0.29, 0.717) is 43.0 Å². The fourth-order valence-corrected chi connectivity index (χ4v) is 4.55. The summed E-state index contributed by atoms with van der Waals surface area (Å²) in [4.78, 5) is 33.1. The van der Waals surface area contributed by atoms with Gasteiger partial charge in [0.25, 0.3) is 11.5 Å². The number of halogens is 2. The van der Waals surface area contributed by atoms with Gasteiger partial charge in [-0.05, 0) is 42.8 Å². The highest BCUT2D eigenvalue weighted by molar-refractivity contribution is 7.20. The maximum Gasteiger partial charge on any atom is 0.268 e. The Balaban J connectivity index is 1.82. The summed E-state index contributed by atoms with van der Waals surface area (Å²) < 4.78 is 1.48. The molecular weight excluding hydrogens is 417 g/mol. The predicted octanol–water partition coefficient (Wildman–Crippen LogP) is 5.27. The van der Waals surface area contributed by atoms with Gasteiger partial charge < -0.3 is 4.90 Å². The predicted molar refractivity (Wildman–Crippen MR) is 115 cm³/mol. The van der Waals surface area contributed by atoms with Crippen LogP contribution in [0.4, 0.5) is 5.69 Å². The highest BCUT2D eigenvalue weighted by atomic mass is 35.5. The summed E-state index contributed by atoms with van der Waals surface area (Å²) in [6.45, 7) is 2.48. The molecule has 3 heterocycles. The van der Waals surface area contributed by atoms with Crippen LogP contribution in [0.15, 0.2) is 53.5 Å². The zero-order valence-corrected chi connectivity index (χ0v) is 17.2. The van der Waals surface area contributed by atoms with Gasteiger partial charge in [0.2, 0.25) is 0 Å². The van der Waals surface area contributed by atoms with Gasteiger partial charge in [0, 0.05) is 28.5 Å². The van der Waals surface area contributed by atoms with E-state index in [1.54, 1.807) is 47.5 Å². The zero-order chi connectivity index (χ0) is 19.8. The fourth-order valence-electron chi connectivity index (χ4n) is 3.05. The molecule has 0 spiro atoms. The molecule has 0 saturated heterocycles. The number of carbonyl (C=O) groups is 1. The summed E-state index contributed by atoms with van der Waals surface area (Å²) in [5.74, 6) is -0.211. The first kappa shape index (κ1) is 18.9. The summed E-state index contributed by atoms with van der Waals surface area (Å²) in [6.07, 6.45) is 2.42. The highest BCUT2D eigenvalue weighted by Gasteiger charge is 2.22. The van der Waals surface area contributed by atoms with Gasteiger partial charge in [-0.15, -0.1) is 11.3 Å². The molecule has 0 saturated carbocycles. The van der Waals surface area contributed by atoms with Crippen molar-refractivity contribution in [1.29, 1.82) is 0 Å². The van der Waals surface area contributed by atoms with Crippen molar-refractivity contribution in [1.82, 2.24) is 9.38 Å². The summed E-state index contributed by atoms with van der Waals surface area (Å²) in [7, 11) is 0. The molecule has 4 aromatic rings. The number of anilines is 1. The van der Waals surface area contributed by atoms with E-state index in [-0.39, 0.29) is 11.5 Å².